The van der Waals surface area contributed by atoms with Crippen molar-refractivity contribution in [1.29, 1.82) is 0 Å². The van der Waals surface area contributed by atoms with Crippen molar-refractivity contribution in [2.75, 3.05) is 5.32 Å². The maximum Gasteiger partial charge on any atom is 0.216 e. The summed E-state index contributed by atoms with van der Waals surface area (Å²) in [6.07, 6.45) is 8.82. The van der Waals surface area contributed by atoms with Gasteiger partial charge in [0.25, 0.3) is 0 Å². The zero-order valence-electron chi connectivity index (χ0n) is 13.0. The van der Waals surface area contributed by atoms with Crippen LogP contribution in [0.3, 0.4) is 0 Å². The average Bonchev–Trinajstić information content (AvgIpc) is 3.18. The van der Waals surface area contributed by atoms with Crippen molar-refractivity contribution in [3.63, 3.8) is 0 Å². The van der Waals surface area contributed by atoms with Gasteiger partial charge < -0.3 is 5.32 Å². The summed E-state index contributed by atoms with van der Waals surface area (Å²) in [5, 5.41) is 11.9. The molecule has 22 heavy (non-hydrogen) atoms. The van der Waals surface area contributed by atoms with Crippen molar-refractivity contribution in [2.24, 2.45) is 0 Å². The lowest BCUT2D eigenvalue weighted by atomic mass is 10.2. The van der Waals surface area contributed by atoms with Crippen LogP contribution < -0.4 is 5.32 Å². The minimum absolute atomic E-state index is 0. The van der Waals surface area contributed by atoms with Crippen LogP contribution in [-0.4, -0.2) is 19.6 Å². The molecule has 0 unspecified atom stereocenters. The summed E-state index contributed by atoms with van der Waals surface area (Å²) in [6, 6.07) is 0.530. The second kappa shape index (κ2) is 7.13. The molecule has 0 spiro atoms. The first kappa shape index (κ1) is 16.8. The number of anilines is 1. The molecule has 2 aromatic rings. The SMILES string of the molecule is CCn1nc(C)c(CNc2cnn(C3CCCC3)c2)c1F.Cl. The van der Waals surface area contributed by atoms with Crippen molar-refractivity contribution < 1.29 is 4.39 Å². The normalized spacial score (nSPS) is 15.0. The highest BCUT2D eigenvalue weighted by atomic mass is 35.5. The molecule has 0 radical (unpaired) electrons. The highest BCUT2D eigenvalue weighted by Crippen LogP contribution is 2.29. The summed E-state index contributed by atoms with van der Waals surface area (Å²) < 4.78 is 17.5. The molecule has 1 aliphatic carbocycles. The van der Waals surface area contributed by atoms with E-state index in [2.05, 4.69) is 15.5 Å². The summed E-state index contributed by atoms with van der Waals surface area (Å²) in [4.78, 5) is 0. The fourth-order valence-electron chi connectivity index (χ4n) is 2.99. The van der Waals surface area contributed by atoms with E-state index in [1.165, 1.54) is 30.4 Å². The highest BCUT2D eigenvalue weighted by Gasteiger charge is 2.18. The first-order valence-corrected chi connectivity index (χ1v) is 7.69. The van der Waals surface area contributed by atoms with Gasteiger partial charge in [0.2, 0.25) is 5.95 Å². The zero-order chi connectivity index (χ0) is 14.8. The number of nitrogens with zero attached hydrogens (tertiary/aromatic N) is 4. The third kappa shape index (κ3) is 3.27. The van der Waals surface area contributed by atoms with E-state index in [1.807, 2.05) is 30.9 Å². The maximum atomic E-state index is 14.1. The molecule has 2 aromatic heterocycles. The Bertz CT molecular complexity index is 615. The maximum absolute atomic E-state index is 14.1. The lowest BCUT2D eigenvalue weighted by Crippen LogP contribution is -2.05. The van der Waals surface area contributed by atoms with Crippen LogP contribution in [0.4, 0.5) is 10.1 Å². The number of rotatable bonds is 5. The average molecular weight is 328 g/mol. The van der Waals surface area contributed by atoms with Crippen molar-refractivity contribution in [3.8, 4) is 0 Å². The van der Waals surface area contributed by atoms with Crippen LogP contribution in [0.25, 0.3) is 0 Å². The van der Waals surface area contributed by atoms with Crippen LogP contribution >= 0.6 is 12.4 Å². The topological polar surface area (TPSA) is 47.7 Å². The van der Waals surface area contributed by atoms with Crippen molar-refractivity contribution in [1.82, 2.24) is 19.6 Å². The van der Waals surface area contributed by atoms with E-state index in [-0.39, 0.29) is 18.4 Å². The predicted octanol–water partition coefficient (Wildman–Crippen LogP) is 3.70. The van der Waals surface area contributed by atoms with Gasteiger partial charge in [0, 0.05) is 24.8 Å². The largest absolute Gasteiger partial charge is 0.378 e. The molecule has 2 heterocycles. The van der Waals surface area contributed by atoms with E-state index in [9.17, 15) is 4.39 Å². The number of hydrogen-bond acceptors (Lipinski definition) is 3. The Morgan fingerprint density at radius 2 is 2.09 bits per heavy atom. The second-order valence-electron chi connectivity index (χ2n) is 5.67. The van der Waals surface area contributed by atoms with Gasteiger partial charge in [-0.2, -0.15) is 14.6 Å². The molecule has 1 saturated carbocycles. The van der Waals surface area contributed by atoms with Gasteiger partial charge in [0.05, 0.1) is 23.6 Å². The number of hydrogen-bond donors (Lipinski definition) is 1. The fraction of sp³-hybridized carbons (Fsp3) is 0.600. The van der Waals surface area contributed by atoms with Crippen LogP contribution in [0.2, 0.25) is 0 Å². The molecule has 0 aliphatic heterocycles. The van der Waals surface area contributed by atoms with Crippen LogP contribution in [-0.2, 0) is 13.1 Å². The molecule has 0 bridgehead atoms. The molecule has 1 N–H and O–H groups in total. The van der Waals surface area contributed by atoms with Crippen molar-refractivity contribution in [2.45, 2.75) is 58.7 Å². The molecule has 1 fully saturated rings. The highest BCUT2D eigenvalue weighted by molar-refractivity contribution is 5.85. The predicted molar refractivity (Wildman–Crippen MR) is 86.9 cm³/mol. The zero-order valence-corrected chi connectivity index (χ0v) is 13.9. The molecule has 3 rings (SSSR count). The molecule has 122 valence electrons. The minimum atomic E-state index is -0.245. The number of halogens is 2. The Kier molecular flexibility index (Phi) is 5.45. The Morgan fingerprint density at radius 1 is 1.36 bits per heavy atom. The first-order valence-electron chi connectivity index (χ1n) is 7.69. The van der Waals surface area contributed by atoms with Crippen LogP contribution in [0, 0.1) is 12.9 Å². The molecule has 0 saturated heterocycles. The second-order valence-corrected chi connectivity index (χ2v) is 5.67. The summed E-state index contributed by atoms with van der Waals surface area (Å²) >= 11 is 0. The molecule has 0 atom stereocenters. The lowest BCUT2D eigenvalue weighted by molar-refractivity contribution is 0.464. The first-order chi connectivity index (χ1) is 10.2. The van der Waals surface area contributed by atoms with Gasteiger partial charge in [-0.15, -0.1) is 12.4 Å². The van der Waals surface area contributed by atoms with Crippen LogP contribution in [0.1, 0.15) is 49.9 Å². The molecule has 0 amide bonds. The Labute approximate surface area is 136 Å². The van der Waals surface area contributed by atoms with E-state index >= 15 is 0 Å². The van der Waals surface area contributed by atoms with E-state index in [0.29, 0.717) is 24.7 Å². The van der Waals surface area contributed by atoms with Gasteiger partial charge in [-0.05, 0) is 26.7 Å². The molecule has 0 aromatic carbocycles. The van der Waals surface area contributed by atoms with E-state index < -0.39 is 0 Å². The van der Waals surface area contributed by atoms with Gasteiger partial charge in [-0.1, -0.05) is 12.8 Å². The smallest absolute Gasteiger partial charge is 0.216 e. The Balaban J connectivity index is 0.00000176. The van der Waals surface area contributed by atoms with E-state index in [0.717, 1.165) is 11.4 Å². The minimum Gasteiger partial charge on any atom is -0.378 e. The lowest BCUT2D eigenvalue weighted by Gasteiger charge is -2.08. The van der Waals surface area contributed by atoms with Gasteiger partial charge in [0.1, 0.15) is 0 Å². The number of aryl methyl sites for hydroxylation is 2. The van der Waals surface area contributed by atoms with Crippen LogP contribution in [0.15, 0.2) is 12.4 Å². The molecule has 5 nitrogen and oxygen atoms in total. The standard InChI is InChI=1S/C15H22FN5.ClH/c1-3-20-15(16)14(11(2)19-20)9-17-12-8-18-21(10-12)13-6-4-5-7-13;/h8,10,13,17H,3-7,9H2,1-2H3;1H. The Morgan fingerprint density at radius 3 is 2.73 bits per heavy atom. The third-order valence-corrected chi connectivity index (χ3v) is 4.25. The number of aromatic nitrogens is 4. The summed E-state index contributed by atoms with van der Waals surface area (Å²) in [5.74, 6) is -0.245. The molecular weight excluding hydrogens is 305 g/mol. The van der Waals surface area contributed by atoms with Gasteiger partial charge in [-0.3, -0.25) is 4.68 Å². The van der Waals surface area contributed by atoms with Crippen molar-refractivity contribution in [3.05, 3.63) is 29.6 Å². The summed E-state index contributed by atoms with van der Waals surface area (Å²) in [7, 11) is 0. The van der Waals surface area contributed by atoms with Crippen molar-refractivity contribution >= 4 is 18.1 Å². The van der Waals surface area contributed by atoms with E-state index in [1.54, 1.807) is 0 Å². The molecule has 7 heteroatoms. The van der Waals surface area contributed by atoms with Gasteiger partial charge in [0.15, 0.2) is 0 Å². The van der Waals surface area contributed by atoms with E-state index in [4.69, 9.17) is 0 Å². The summed E-state index contributed by atoms with van der Waals surface area (Å²) in [6.45, 7) is 4.72. The quantitative estimate of drug-likeness (QED) is 0.911. The van der Waals surface area contributed by atoms with Gasteiger partial charge in [-0.25, -0.2) is 4.68 Å². The summed E-state index contributed by atoms with van der Waals surface area (Å²) in [5.41, 5.74) is 2.31. The molecule has 1 aliphatic rings. The Hall–Kier alpha value is -1.56. The van der Waals surface area contributed by atoms with Gasteiger partial charge >= 0.3 is 0 Å². The monoisotopic (exact) mass is 327 g/mol. The molecular formula is C15H23ClFN5. The van der Waals surface area contributed by atoms with Crippen LogP contribution in [0.5, 0.6) is 0 Å². The third-order valence-electron chi connectivity index (χ3n) is 4.25. The fourth-order valence-corrected chi connectivity index (χ4v) is 2.99. The number of nitrogens with one attached hydrogen (secondary N) is 1.